The maximum Gasteiger partial charge on any atom is 0.00818 e. The van der Waals surface area contributed by atoms with Gasteiger partial charge in [0.25, 0.3) is 0 Å². The van der Waals surface area contributed by atoms with Gasteiger partial charge in [0, 0.05) is 23.9 Å². The fraction of sp³-hybridized carbons (Fsp3) is 1.00. The molecule has 0 radical (unpaired) electrons. The molecule has 1 aliphatic heterocycles. The Morgan fingerprint density at radius 1 is 1.29 bits per heavy atom. The van der Waals surface area contributed by atoms with Gasteiger partial charge in [-0.15, -0.1) is 0 Å². The molecular formula is C14H28N2S. The molecule has 0 aromatic heterocycles. The number of hydrogen-bond donors (Lipinski definition) is 1. The first-order chi connectivity index (χ1) is 8.19. The number of rotatable bonds is 4. The maximum atomic E-state index is 3.89. The van der Waals surface area contributed by atoms with E-state index >= 15 is 0 Å². The predicted molar refractivity (Wildman–Crippen MR) is 77.8 cm³/mol. The minimum absolute atomic E-state index is 0.698. The van der Waals surface area contributed by atoms with Crippen LogP contribution in [0.5, 0.6) is 0 Å². The van der Waals surface area contributed by atoms with E-state index in [9.17, 15) is 0 Å². The molecule has 2 nitrogen and oxygen atoms in total. The molecule has 0 bridgehead atoms. The summed E-state index contributed by atoms with van der Waals surface area (Å²) in [6, 6.07) is 1.48. The highest BCUT2D eigenvalue weighted by Crippen LogP contribution is 2.29. The molecule has 1 aliphatic carbocycles. The zero-order chi connectivity index (χ0) is 12.3. The highest BCUT2D eigenvalue weighted by atomic mass is 32.2. The van der Waals surface area contributed by atoms with Crippen LogP contribution in [0.1, 0.15) is 39.0 Å². The first kappa shape index (κ1) is 13.7. The third-order valence-electron chi connectivity index (χ3n) is 4.58. The molecular weight excluding hydrogens is 228 g/mol. The summed E-state index contributed by atoms with van der Waals surface area (Å²) in [4.78, 5) is 2.49. The van der Waals surface area contributed by atoms with Gasteiger partial charge in [0.15, 0.2) is 0 Å². The number of likely N-dealkylation sites (tertiary alicyclic amines) is 1. The Morgan fingerprint density at radius 2 is 2.12 bits per heavy atom. The molecule has 1 heterocycles. The van der Waals surface area contributed by atoms with Gasteiger partial charge in [-0.2, -0.15) is 11.8 Å². The monoisotopic (exact) mass is 256 g/mol. The molecule has 2 rings (SSSR count). The van der Waals surface area contributed by atoms with E-state index < -0.39 is 0 Å². The highest BCUT2D eigenvalue weighted by molar-refractivity contribution is 7.99. The van der Waals surface area contributed by atoms with Crippen LogP contribution in [0, 0.1) is 5.92 Å². The summed E-state index contributed by atoms with van der Waals surface area (Å²) in [7, 11) is 2.26. The van der Waals surface area contributed by atoms with E-state index in [2.05, 4.69) is 42.2 Å². The van der Waals surface area contributed by atoms with Crippen molar-refractivity contribution in [1.29, 1.82) is 0 Å². The predicted octanol–water partition coefficient (Wildman–Crippen LogP) is 2.59. The fourth-order valence-electron chi connectivity index (χ4n) is 3.43. The number of hydrogen-bond acceptors (Lipinski definition) is 3. The molecule has 0 aromatic rings. The number of piperidine rings is 1. The zero-order valence-electron chi connectivity index (χ0n) is 11.6. The topological polar surface area (TPSA) is 15.3 Å². The van der Waals surface area contributed by atoms with Crippen LogP contribution >= 0.6 is 11.8 Å². The first-order valence-corrected chi connectivity index (χ1v) is 8.45. The summed E-state index contributed by atoms with van der Waals surface area (Å²) >= 11 is 2.05. The minimum Gasteiger partial charge on any atom is -0.311 e. The lowest BCUT2D eigenvalue weighted by molar-refractivity contribution is 0.173. The summed E-state index contributed by atoms with van der Waals surface area (Å²) in [6.45, 7) is 4.98. The van der Waals surface area contributed by atoms with Gasteiger partial charge in [-0.1, -0.05) is 0 Å². The van der Waals surface area contributed by atoms with Crippen molar-refractivity contribution in [1.82, 2.24) is 10.2 Å². The lowest BCUT2D eigenvalue weighted by atomic mass is 9.91. The van der Waals surface area contributed by atoms with Crippen LogP contribution in [-0.2, 0) is 0 Å². The lowest BCUT2D eigenvalue weighted by Crippen LogP contribution is -2.46. The van der Waals surface area contributed by atoms with Crippen molar-refractivity contribution >= 4 is 11.8 Å². The Labute approximate surface area is 111 Å². The first-order valence-electron chi connectivity index (χ1n) is 7.16. The van der Waals surface area contributed by atoms with E-state index in [1.807, 2.05) is 0 Å². The Bertz CT molecular complexity index is 234. The molecule has 2 aliphatic rings. The largest absolute Gasteiger partial charge is 0.311 e. The molecule has 100 valence electrons. The molecule has 1 saturated carbocycles. The van der Waals surface area contributed by atoms with E-state index in [1.54, 1.807) is 0 Å². The molecule has 1 saturated heterocycles. The number of nitrogens with zero attached hydrogens (tertiary/aromatic N) is 1. The normalized spacial score (nSPS) is 37.2. The van der Waals surface area contributed by atoms with Crippen molar-refractivity contribution in [2.75, 3.05) is 26.4 Å². The maximum absolute atomic E-state index is 3.89. The standard InChI is InChI=1S/C14H28N2S/c1-11(12-5-4-8-16(2)10-12)15-13-6-7-14(9-13)17-3/h11-15H,4-10H2,1-3H3. The lowest BCUT2D eigenvalue weighted by Gasteiger charge is -2.35. The van der Waals surface area contributed by atoms with Crippen molar-refractivity contribution in [2.45, 2.75) is 56.4 Å². The van der Waals surface area contributed by atoms with E-state index in [1.165, 1.54) is 45.2 Å². The zero-order valence-corrected chi connectivity index (χ0v) is 12.4. The third kappa shape index (κ3) is 3.87. The van der Waals surface area contributed by atoms with Crippen LogP contribution in [0.4, 0.5) is 0 Å². The average Bonchev–Trinajstić information content (AvgIpc) is 2.77. The summed E-state index contributed by atoms with van der Waals surface area (Å²) in [5, 5.41) is 4.80. The van der Waals surface area contributed by atoms with Crippen molar-refractivity contribution in [3.8, 4) is 0 Å². The van der Waals surface area contributed by atoms with E-state index in [0.29, 0.717) is 6.04 Å². The molecule has 3 heteroatoms. The Balaban J connectivity index is 1.74. The minimum atomic E-state index is 0.698. The van der Waals surface area contributed by atoms with Gasteiger partial charge in [0.05, 0.1) is 0 Å². The van der Waals surface area contributed by atoms with Crippen LogP contribution in [0.15, 0.2) is 0 Å². The van der Waals surface area contributed by atoms with Gasteiger partial charge >= 0.3 is 0 Å². The van der Waals surface area contributed by atoms with E-state index in [0.717, 1.165) is 17.2 Å². The second-order valence-electron chi connectivity index (χ2n) is 5.99. The second-order valence-corrected chi connectivity index (χ2v) is 7.13. The summed E-state index contributed by atoms with van der Waals surface area (Å²) in [6.07, 6.45) is 9.23. The van der Waals surface area contributed by atoms with Crippen LogP contribution < -0.4 is 5.32 Å². The average molecular weight is 256 g/mol. The SMILES string of the molecule is CSC1CCC(NC(C)C2CCCN(C)C2)C1. The fourth-order valence-corrected chi connectivity index (χ4v) is 4.22. The van der Waals surface area contributed by atoms with Gasteiger partial charge < -0.3 is 10.2 Å². The van der Waals surface area contributed by atoms with Crippen molar-refractivity contribution in [3.05, 3.63) is 0 Å². The van der Waals surface area contributed by atoms with Gasteiger partial charge in [-0.3, -0.25) is 0 Å². The van der Waals surface area contributed by atoms with Crippen LogP contribution in [0.2, 0.25) is 0 Å². The molecule has 0 aromatic carbocycles. The molecule has 0 amide bonds. The quantitative estimate of drug-likeness (QED) is 0.832. The molecule has 2 fully saturated rings. The van der Waals surface area contributed by atoms with Crippen molar-refractivity contribution in [3.63, 3.8) is 0 Å². The Kier molecular flexibility index (Phi) is 5.19. The Morgan fingerprint density at radius 3 is 2.76 bits per heavy atom. The molecule has 4 unspecified atom stereocenters. The summed E-state index contributed by atoms with van der Waals surface area (Å²) in [5.41, 5.74) is 0. The van der Waals surface area contributed by atoms with Crippen LogP contribution in [-0.4, -0.2) is 48.6 Å². The van der Waals surface area contributed by atoms with Crippen LogP contribution in [0.25, 0.3) is 0 Å². The smallest absolute Gasteiger partial charge is 0.00818 e. The van der Waals surface area contributed by atoms with Crippen molar-refractivity contribution < 1.29 is 0 Å². The molecule has 0 spiro atoms. The van der Waals surface area contributed by atoms with Gasteiger partial charge in [-0.25, -0.2) is 0 Å². The summed E-state index contributed by atoms with van der Waals surface area (Å²) in [5.74, 6) is 0.863. The summed E-state index contributed by atoms with van der Waals surface area (Å²) < 4.78 is 0. The van der Waals surface area contributed by atoms with Gasteiger partial charge in [0.2, 0.25) is 0 Å². The van der Waals surface area contributed by atoms with Crippen LogP contribution in [0.3, 0.4) is 0 Å². The third-order valence-corrected chi connectivity index (χ3v) is 5.68. The van der Waals surface area contributed by atoms with E-state index in [-0.39, 0.29) is 0 Å². The van der Waals surface area contributed by atoms with E-state index in [4.69, 9.17) is 0 Å². The number of thioether (sulfide) groups is 1. The van der Waals surface area contributed by atoms with Crippen molar-refractivity contribution in [2.24, 2.45) is 5.92 Å². The Hall–Kier alpha value is 0.270. The molecule has 1 N–H and O–H groups in total. The highest BCUT2D eigenvalue weighted by Gasteiger charge is 2.28. The van der Waals surface area contributed by atoms with Gasteiger partial charge in [-0.05, 0) is 64.8 Å². The number of nitrogens with one attached hydrogen (secondary N) is 1. The molecule has 17 heavy (non-hydrogen) atoms. The molecule has 4 atom stereocenters. The van der Waals surface area contributed by atoms with Gasteiger partial charge in [0.1, 0.15) is 0 Å². The second kappa shape index (κ2) is 6.44.